The number of halogens is 1. The quantitative estimate of drug-likeness (QED) is 0.0702. The molecule has 0 radical (unpaired) electrons. The molecule has 0 aliphatic carbocycles. The lowest BCUT2D eigenvalue weighted by Crippen LogP contribution is -2.54. The Balaban J connectivity index is 0.826. The number of pyridine rings is 1. The summed E-state index contributed by atoms with van der Waals surface area (Å²) in [6, 6.07) is 11.2. The molecule has 2 fully saturated rings. The monoisotopic (exact) mass is 744 g/mol. The molecule has 18 heteroatoms. The molecule has 2 atom stereocenters. The molecule has 2 saturated heterocycles. The van der Waals surface area contributed by atoms with Crippen molar-refractivity contribution in [2.45, 2.75) is 31.5 Å². The topological polar surface area (TPSA) is 193 Å². The number of nitrogens with zero attached hydrogens (tertiary/aromatic N) is 5. The van der Waals surface area contributed by atoms with Crippen molar-refractivity contribution < 1.29 is 48.1 Å². The van der Waals surface area contributed by atoms with E-state index in [-0.39, 0.29) is 33.1 Å². The van der Waals surface area contributed by atoms with E-state index in [1.54, 1.807) is 24.4 Å². The largest absolute Gasteiger partial charge is 0.508 e. The van der Waals surface area contributed by atoms with E-state index < -0.39 is 5.97 Å². The van der Waals surface area contributed by atoms with Crippen LogP contribution in [0.15, 0.2) is 42.6 Å². The second-order valence-electron chi connectivity index (χ2n) is 12.1. The average molecular weight is 745 g/mol. The lowest BCUT2D eigenvalue weighted by Gasteiger charge is -2.43. The number of carbonyl (C=O) groups excluding carboxylic acids is 1. The van der Waals surface area contributed by atoms with Gasteiger partial charge in [0.1, 0.15) is 25.6 Å². The Morgan fingerprint density at radius 1 is 0.885 bits per heavy atom. The number of fused-ring (bicyclic) bond motifs is 2. The summed E-state index contributed by atoms with van der Waals surface area (Å²) in [5.74, 6) is 0.347. The number of phenolic OH excluding ortho intramolecular Hbond substituents is 1. The minimum atomic E-state index is -0.555. The van der Waals surface area contributed by atoms with Crippen molar-refractivity contribution in [1.82, 2.24) is 15.2 Å². The maximum Gasteiger partial charge on any atom is 0.332 e. The number of nitrogen functional groups attached to an aromatic ring is 1. The van der Waals surface area contributed by atoms with Crippen LogP contribution in [0.3, 0.4) is 0 Å². The van der Waals surface area contributed by atoms with Crippen LogP contribution in [0.4, 0.5) is 17.2 Å². The number of aromatic hydroxyl groups is 1. The zero-order valence-corrected chi connectivity index (χ0v) is 29.8. The molecule has 2 aromatic heterocycles. The molecule has 3 aromatic rings. The number of esters is 1. The van der Waals surface area contributed by atoms with Crippen molar-refractivity contribution in [1.29, 1.82) is 0 Å². The van der Waals surface area contributed by atoms with Crippen molar-refractivity contribution in [3.8, 4) is 11.6 Å². The Bertz CT molecular complexity index is 1550. The summed E-state index contributed by atoms with van der Waals surface area (Å²) in [6.07, 6.45) is 3.95. The molecule has 2 aliphatic heterocycles. The van der Waals surface area contributed by atoms with Gasteiger partial charge in [-0.05, 0) is 36.0 Å². The van der Waals surface area contributed by atoms with Gasteiger partial charge in [-0.1, -0.05) is 23.7 Å². The number of phenols is 1. The van der Waals surface area contributed by atoms with Gasteiger partial charge < -0.3 is 58.8 Å². The Hall–Kier alpha value is -3.97. The third kappa shape index (κ3) is 11.8. The highest BCUT2D eigenvalue weighted by molar-refractivity contribution is 6.47. The number of benzene rings is 1. The predicted molar refractivity (Wildman–Crippen MR) is 194 cm³/mol. The van der Waals surface area contributed by atoms with Gasteiger partial charge in [0, 0.05) is 49.2 Å². The van der Waals surface area contributed by atoms with E-state index in [4.69, 9.17) is 50.5 Å². The van der Waals surface area contributed by atoms with Crippen LogP contribution in [0.2, 0.25) is 5.15 Å². The third-order valence-electron chi connectivity index (χ3n) is 8.59. The van der Waals surface area contributed by atoms with Gasteiger partial charge in [-0.2, -0.15) is 0 Å². The summed E-state index contributed by atoms with van der Waals surface area (Å²) < 4.78 is 38.3. The van der Waals surface area contributed by atoms with Gasteiger partial charge in [0.2, 0.25) is 5.88 Å². The molecule has 4 heterocycles. The number of hydrogen-bond donors (Lipinski definition) is 3. The van der Waals surface area contributed by atoms with E-state index in [1.807, 2.05) is 12.1 Å². The van der Waals surface area contributed by atoms with E-state index in [9.17, 15) is 14.9 Å². The van der Waals surface area contributed by atoms with Crippen LogP contribution in [-0.2, 0) is 39.8 Å². The smallest absolute Gasteiger partial charge is 0.332 e. The maximum atomic E-state index is 11.9. The van der Waals surface area contributed by atoms with E-state index in [2.05, 4.69) is 25.0 Å². The molecule has 52 heavy (non-hydrogen) atoms. The number of rotatable bonds is 23. The van der Waals surface area contributed by atoms with Gasteiger partial charge in [0.15, 0.2) is 11.0 Å². The van der Waals surface area contributed by atoms with Gasteiger partial charge in [0.25, 0.3) is 0 Å². The van der Waals surface area contributed by atoms with Gasteiger partial charge in [-0.25, -0.2) is 9.78 Å². The standard InChI is InChI=1S/C34H46BClN6O10/c36-30-19-28(34(37)40-39-30)41-20-26-4-5-27(21-41)42(26)25-6-7-38-31(18-25)51-17-16-49-13-12-47-9-8-46-10-11-48-14-15-50-23-32(44)52-22-24-2-1-3-29(43)33(24)35-45/h1-3,6-7,18-19,26-27,35,43,45H,4-5,8-17,20-23H2,(H2,37,40). The number of carbonyl (C=O) groups is 1. The molecule has 4 N–H and O–H groups in total. The maximum absolute atomic E-state index is 11.9. The van der Waals surface area contributed by atoms with Crippen molar-refractivity contribution >= 4 is 47.7 Å². The first kappa shape index (κ1) is 39.2. The molecule has 2 aliphatic rings. The van der Waals surface area contributed by atoms with Crippen molar-refractivity contribution in [3.05, 3.63) is 53.3 Å². The molecule has 282 valence electrons. The van der Waals surface area contributed by atoms with Crippen LogP contribution >= 0.6 is 11.6 Å². The summed E-state index contributed by atoms with van der Waals surface area (Å²) in [4.78, 5) is 20.9. The molecule has 2 unspecified atom stereocenters. The molecule has 16 nitrogen and oxygen atoms in total. The van der Waals surface area contributed by atoms with Crippen molar-refractivity contribution in [3.63, 3.8) is 0 Å². The molecule has 0 spiro atoms. The summed E-state index contributed by atoms with van der Waals surface area (Å²) in [7, 11) is -0.352. The van der Waals surface area contributed by atoms with Crippen molar-refractivity contribution in [2.24, 2.45) is 0 Å². The predicted octanol–water partition coefficient (Wildman–Crippen LogP) is 0.845. The van der Waals surface area contributed by atoms with Crippen molar-refractivity contribution in [2.75, 3.05) is 101 Å². The van der Waals surface area contributed by atoms with E-state index in [1.165, 1.54) is 6.07 Å². The van der Waals surface area contributed by atoms with Gasteiger partial charge in [-0.3, -0.25) is 0 Å². The van der Waals surface area contributed by atoms with Gasteiger partial charge >= 0.3 is 13.5 Å². The molecular formula is C34H46BClN6O10. The number of piperazine rings is 1. The highest BCUT2D eigenvalue weighted by Crippen LogP contribution is 2.38. The SMILES string of the molecule is Nc1nnc(Cl)cc1N1CC2CCC(C1)N2c1ccnc(OCCOCCOCCOCCOCCOCC(=O)OCc2cccc(O)c2BO)c1. The van der Waals surface area contributed by atoms with E-state index in [0.717, 1.165) is 37.3 Å². The highest BCUT2D eigenvalue weighted by Gasteiger charge is 2.40. The lowest BCUT2D eigenvalue weighted by atomic mass is 9.83. The normalized spacial score (nSPS) is 16.7. The third-order valence-corrected chi connectivity index (χ3v) is 8.78. The fraction of sp³-hybridized carbons (Fsp3) is 0.529. The van der Waals surface area contributed by atoms with Gasteiger partial charge in [0.05, 0.1) is 65.1 Å². The molecule has 1 aromatic carbocycles. The summed E-state index contributed by atoms with van der Waals surface area (Å²) in [6.45, 7) is 5.14. The van der Waals surface area contributed by atoms with Gasteiger partial charge in [-0.15, -0.1) is 10.2 Å². The van der Waals surface area contributed by atoms with Crippen LogP contribution in [0.5, 0.6) is 11.6 Å². The Labute approximate surface area is 308 Å². The Kier molecular flexibility index (Phi) is 15.8. The van der Waals surface area contributed by atoms with E-state index in [0.29, 0.717) is 99.4 Å². The second kappa shape index (κ2) is 20.9. The molecule has 5 rings (SSSR count). The number of anilines is 3. The lowest BCUT2D eigenvalue weighted by molar-refractivity contribution is -0.150. The highest BCUT2D eigenvalue weighted by atomic mass is 35.5. The van der Waals surface area contributed by atoms with Crippen LogP contribution in [0.1, 0.15) is 18.4 Å². The number of hydrogen-bond acceptors (Lipinski definition) is 16. The molecule has 0 amide bonds. The molecule has 2 bridgehead atoms. The minimum absolute atomic E-state index is 0.0469. The van der Waals surface area contributed by atoms with Crippen LogP contribution in [0.25, 0.3) is 0 Å². The summed E-state index contributed by atoms with van der Waals surface area (Å²) in [5.41, 5.74) is 8.88. The number of nitrogens with two attached hydrogens (primary N) is 1. The van der Waals surface area contributed by atoms with Crippen LogP contribution < -0.4 is 25.7 Å². The first-order valence-corrected chi connectivity index (χ1v) is 17.7. The number of ether oxygens (including phenoxy) is 7. The van der Waals surface area contributed by atoms with Crippen LogP contribution in [-0.4, -0.2) is 137 Å². The minimum Gasteiger partial charge on any atom is -0.508 e. The summed E-state index contributed by atoms with van der Waals surface area (Å²) in [5, 5.41) is 27.3. The zero-order chi connectivity index (χ0) is 36.5. The van der Waals surface area contributed by atoms with Crippen LogP contribution in [0, 0.1) is 0 Å². The first-order chi connectivity index (χ1) is 25.4. The fourth-order valence-corrected chi connectivity index (χ4v) is 6.30. The first-order valence-electron chi connectivity index (χ1n) is 17.3. The molecular weight excluding hydrogens is 699 g/mol. The van der Waals surface area contributed by atoms with E-state index >= 15 is 0 Å². The molecule has 0 saturated carbocycles. The second-order valence-corrected chi connectivity index (χ2v) is 12.5. The zero-order valence-electron chi connectivity index (χ0n) is 29.1. The summed E-state index contributed by atoms with van der Waals surface area (Å²) >= 11 is 6.09. The fourth-order valence-electron chi connectivity index (χ4n) is 6.16. The Morgan fingerprint density at radius 3 is 2.17 bits per heavy atom. The average Bonchev–Trinajstić information content (AvgIpc) is 3.41. The number of aromatic nitrogens is 3. The Morgan fingerprint density at radius 2 is 1.52 bits per heavy atom.